The standard InChI is InChI=1S/C32H38O5S/c1-6-34-31(33)28(38)18-24-12-14-26(15-13-24)36-20-32(5)17-16-27-23(4)29(21(2)22(3)30(27)37-32)35-19-25-10-8-7-9-11-25/h7-15,28,38H,6,16-20H2,1-5H3/t28-,32-/m0/s1. The van der Waals surface area contributed by atoms with Crippen LogP contribution in [0.25, 0.3) is 0 Å². The predicted octanol–water partition coefficient (Wildman–Crippen LogP) is 6.76. The zero-order valence-electron chi connectivity index (χ0n) is 23.0. The van der Waals surface area contributed by atoms with Crippen LogP contribution >= 0.6 is 12.6 Å². The van der Waals surface area contributed by atoms with Crippen LogP contribution in [0.1, 0.15) is 53.6 Å². The molecule has 0 amide bonds. The van der Waals surface area contributed by atoms with E-state index in [-0.39, 0.29) is 5.97 Å². The lowest BCUT2D eigenvalue weighted by Crippen LogP contribution is -2.42. The molecule has 0 aromatic heterocycles. The van der Waals surface area contributed by atoms with Crippen LogP contribution in [-0.4, -0.2) is 30.0 Å². The zero-order chi connectivity index (χ0) is 27.3. The summed E-state index contributed by atoms with van der Waals surface area (Å²) < 4.78 is 24.1. The molecule has 0 radical (unpaired) electrons. The summed E-state index contributed by atoms with van der Waals surface area (Å²) in [7, 11) is 0. The van der Waals surface area contributed by atoms with Gasteiger partial charge in [0.2, 0.25) is 0 Å². The smallest absolute Gasteiger partial charge is 0.319 e. The predicted molar refractivity (Wildman–Crippen MR) is 154 cm³/mol. The van der Waals surface area contributed by atoms with E-state index in [2.05, 4.69) is 52.5 Å². The topological polar surface area (TPSA) is 54.0 Å². The number of carbonyl (C=O) groups excluding carboxylic acids is 1. The maximum Gasteiger partial charge on any atom is 0.319 e. The highest BCUT2D eigenvalue weighted by atomic mass is 32.1. The van der Waals surface area contributed by atoms with Gasteiger partial charge in [0, 0.05) is 5.56 Å². The Hall–Kier alpha value is -3.12. The fourth-order valence-electron chi connectivity index (χ4n) is 4.83. The minimum atomic E-state index is -0.476. The lowest BCUT2D eigenvalue weighted by atomic mass is 9.87. The van der Waals surface area contributed by atoms with E-state index in [1.54, 1.807) is 6.92 Å². The molecule has 2 atom stereocenters. The third-order valence-electron chi connectivity index (χ3n) is 7.24. The van der Waals surface area contributed by atoms with E-state index >= 15 is 0 Å². The van der Waals surface area contributed by atoms with E-state index in [9.17, 15) is 4.79 Å². The molecule has 202 valence electrons. The van der Waals surface area contributed by atoms with Crippen molar-refractivity contribution in [3.63, 3.8) is 0 Å². The van der Waals surface area contributed by atoms with Crippen molar-refractivity contribution in [3.8, 4) is 17.2 Å². The van der Waals surface area contributed by atoms with Gasteiger partial charge < -0.3 is 18.9 Å². The molecule has 0 aliphatic carbocycles. The molecular formula is C32H38O5S. The van der Waals surface area contributed by atoms with Crippen LogP contribution in [0.4, 0.5) is 0 Å². The minimum absolute atomic E-state index is 0.297. The first-order chi connectivity index (χ1) is 18.2. The molecule has 3 aromatic carbocycles. The third-order valence-corrected chi connectivity index (χ3v) is 7.64. The molecule has 1 aliphatic rings. The monoisotopic (exact) mass is 534 g/mol. The summed E-state index contributed by atoms with van der Waals surface area (Å²) in [5.41, 5.74) is 6.33. The molecule has 5 nitrogen and oxygen atoms in total. The highest BCUT2D eigenvalue weighted by Crippen LogP contribution is 2.44. The molecule has 0 unspecified atom stereocenters. The molecular weight excluding hydrogens is 496 g/mol. The summed E-state index contributed by atoms with van der Waals surface area (Å²) in [4.78, 5) is 11.8. The first-order valence-corrected chi connectivity index (χ1v) is 13.8. The Morgan fingerprint density at radius 3 is 2.37 bits per heavy atom. The van der Waals surface area contributed by atoms with E-state index in [1.807, 2.05) is 42.5 Å². The molecule has 1 heterocycles. The van der Waals surface area contributed by atoms with Crippen molar-refractivity contribution in [2.75, 3.05) is 13.2 Å². The summed E-state index contributed by atoms with van der Waals surface area (Å²) in [6.07, 6.45) is 2.26. The van der Waals surface area contributed by atoms with Gasteiger partial charge in [-0.05, 0) is 93.8 Å². The number of fused-ring (bicyclic) bond motifs is 1. The normalized spacial score (nSPS) is 17.2. The molecule has 4 rings (SSSR count). The highest BCUT2D eigenvalue weighted by Gasteiger charge is 2.35. The fourth-order valence-corrected chi connectivity index (χ4v) is 5.12. The first kappa shape index (κ1) is 27.9. The summed E-state index contributed by atoms with van der Waals surface area (Å²) in [5.74, 6) is 2.39. The molecule has 0 spiro atoms. The van der Waals surface area contributed by atoms with Gasteiger partial charge in [0.1, 0.15) is 41.3 Å². The van der Waals surface area contributed by atoms with Gasteiger partial charge in [0.15, 0.2) is 0 Å². The third kappa shape index (κ3) is 6.47. The average Bonchev–Trinajstić information content (AvgIpc) is 2.92. The van der Waals surface area contributed by atoms with Gasteiger partial charge in [0.05, 0.1) is 6.61 Å². The summed E-state index contributed by atoms with van der Waals surface area (Å²) in [5, 5.41) is -0.476. The summed E-state index contributed by atoms with van der Waals surface area (Å²) >= 11 is 4.37. The molecule has 38 heavy (non-hydrogen) atoms. The van der Waals surface area contributed by atoms with E-state index in [1.165, 1.54) is 5.56 Å². The van der Waals surface area contributed by atoms with Gasteiger partial charge in [-0.25, -0.2) is 0 Å². The first-order valence-electron chi connectivity index (χ1n) is 13.3. The number of rotatable bonds is 10. The summed E-state index contributed by atoms with van der Waals surface area (Å²) in [6, 6.07) is 18.0. The number of ether oxygens (including phenoxy) is 4. The minimum Gasteiger partial charge on any atom is -0.489 e. The van der Waals surface area contributed by atoms with E-state index in [0.29, 0.717) is 26.2 Å². The Kier molecular flexibility index (Phi) is 8.93. The number of hydrogen-bond donors (Lipinski definition) is 1. The Balaban J connectivity index is 1.40. The van der Waals surface area contributed by atoms with Crippen LogP contribution in [-0.2, 0) is 29.0 Å². The second kappa shape index (κ2) is 12.2. The SMILES string of the molecule is CCOC(=O)[C@@H](S)Cc1ccc(OC[C@]2(C)CCc3c(C)c(OCc4ccccc4)c(C)c(C)c3O2)cc1. The van der Waals surface area contributed by atoms with Gasteiger partial charge in [-0.1, -0.05) is 42.5 Å². The second-order valence-corrected chi connectivity index (χ2v) is 10.9. The zero-order valence-corrected chi connectivity index (χ0v) is 23.9. The molecule has 0 saturated carbocycles. The molecule has 0 bridgehead atoms. The van der Waals surface area contributed by atoms with Crippen molar-refractivity contribution in [2.45, 2.75) is 71.3 Å². The van der Waals surface area contributed by atoms with Crippen LogP contribution in [0, 0.1) is 20.8 Å². The van der Waals surface area contributed by atoms with Gasteiger partial charge in [-0.2, -0.15) is 12.6 Å². The number of carbonyl (C=O) groups is 1. The Labute approximate surface area is 231 Å². The van der Waals surface area contributed by atoms with Crippen LogP contribution in [0.3, 0.4) is 0 Å². The Bertz CT molecular complexity index is 1260. The van der Waals surface area contributed by atoms with Crippen molar-refractivity contribution in [3.05, 3.63) is 88.0 Å². The molecule has 1 aliphatic heterocycles. The van der Waals surface area contributed by atoms with Crippen molar-refractivity contribution in [1.82, 2.24) is 0 Å². The average molecular weight is 535 g/mol. The van der Waals surface area contributed by atoms with E-state index < -0.39 is 10.9 Å². The van der Waals surface area contributed by atoms with Crippen LogP contribution in [0.5, 0.6) is 17.2 Å². The van der Waals surface area contributed by atoms with Crippen LogP contribution in [0.2, 0.25) is 0 Å². The number of benzene rings is 3. The van der Waals surface area contributed by atoms with E-state index in [0.717, 1.165) is 57.9 Å². The van der Waals surface area contributed by atoms with Gasteiger partial charge >= 0.3 is 5.97 Å². The van der Waals surface area contributed by atoms with Gasteiger partial charge in [0.25, 0.3) is 0 Å². The molecule has 0 N–H and O–H groups in total. The molecule has 3 aromatic rings. The number of hydrogen-bond acceptors (Lipinski definition) is 6. The lowest BCUT2D eigenvalue weighted by molar-refractivity contribution is -0.142. The maximum atomic E-state index is 11.8. The maximum absolute atomic E-state index is 11.8. The van der Waals surface area contributed by atoms with Crippen molar-refractivity contribution >= 4 is 18.6 Å². The number of thiol groups is 1. The lowest BCUT2D eigenvalue weighted by Gasteiger charge is -2.38. The summed E-state index contributed by atoms with van der Waals surface area (Å²) in [6.45, 7) is 11.6. The fraction of sp³-hybridized carbons (Fsp3) is 0.406. The number of esters is 1. The molecule has 0 fully saturated rings. The Morgan fingerprint density at radius 2 is 1.68 bits per heavy atom. The molecule has 6 heteroatoms. The quantitative estimate of drug-likeness (QED) is 0.230. The van der Waals surface area contributed by atoms with Crippen molar-refractivity contribution < 1.29 is 23.7 Å². The Morgan fingerprint density at radius 1 is 0.974 bits per heavy atom. The second-order valence-electron chi connectivity index (χ2n) is 10.2. The van der Waals surface area contributed by atoms with Gasteiger partial charge in [-0.3, -0.25) is 4.79 Å². The molecule has 0 saturated heterocycles. The highest BCUT2D eigenvalue weighted by molar-refractivity contribution is 7.81. The van der Waals surface area contributed by atoms with Crippen molar-refractivity contribution in [2.24, 2.45) is 0 Å². The largest absolute Gasteiger partial charge is 0.489 e. The van der Waals surface area contributed by atoms with Gasteiger partial charge in [-0.15, -0.1) is 0 Å². The van der Waals surface area contributed by atoms with Crippen molar-refractivity contribution in [1.29, 1.82) is 0 Å². The van der Waals surface area contributed by atoms with Crippen LogP contribution in [0.15, 0.2) is 54.6 Å². The van der Waals surface area contributed by atoms with Crippen LogP contribution < -0.4 is 14.2 Å². The van der Waals surface area contributed by atoms with E-state index in [4.69, 9.17) is 18.9 Å².